The normalized spacial score (nSPS) is 13.1. The molecule has 0 aliphatic rings. The number of ether oxygens (including phenoxy) is 2. The Bertz CT molecular complexity index is 145. The maximum atomic E-state index is 5.09. The SMILES string of the molecule is COC(CC/C=C/[Si](C)(C)C)OC. The second kappa shape index (κ2) is 6.35. The summed E-state index contributed by atoms with van der Waals surface area (Å²) in [6.07, 6.45) is 4.17. The van der Waals surface area contributed by atoms with Gasteiger partial charge in [0.2, 0.25) is 0 Å². The first kappa shape index (κ1) is 12.9. The van der Waals surface area contributed by atoms with Gasteiger partial charge in [-0.2, -0.15) is 0 Å². The lowest BCUT2D eigenvalue weighted by molar-refractivity contribution is -0.105. The Morgan fingerprint density at radius 3 is 2.08 bits per heavy atom. The van der Waals surface area contributed by atoms with Gasteiger partial charge in [-0.25, -0.2) is 0 Å². The molecule has 13 heavy (non-hydrogen) atoms. The highest BCUT2D eigenvalue weighted by Crippen LogP contribution is 2.06. The van der Waals surface area contributed by atoms with E-state index in [1.165, 1.54) is 0 Å². The first-order valence-corrected chi connectivity index (χ1v) is 8.30. The third kappa shape index (κ3) is 8.21. The van der Waals surface area contributed by atoms with Crippen LogP contribution >= 0.6 is 0 Å². The third-order valence-corrected chi connectivity index (χ3v) is 2.95. The van der Waals surface area contributed by atoms with Crippen LogP contribution in [0.1, 0.15) is 12.8 Å². The van der Waals surface area contributed by atoms with E-state index in [0.717, 1.165) is 12.8 Å². The standard InChI is InChI=1S/C10H22O2Si/c1-11-10(12-2)8-6-7-9-13(3,4)5/h7,9-10H,6,8H2,1-5H3/b9-7+. The molecule has 78 valence electrons. The Kier molecular flexibility index (Phi) is 6.29. The van der Waals surface area contributed by atoms with Crippen LogP contribution < -0.4 is 0 Å². The van der Waals surface area contributed by atoms with Crippen LogP contribution in [-0.4, -0.2) is 28.6 Å². The minimum atomic E-state index is -1.01. The Morgan fingerprint density at radius 2 is 1.69 bits per heavy atom. The molecule has 0 heterocycles. The largest absolute Gasteiger partial charge is 0.356 e. The molecule has 0 aromatic rings. The summed E-state index contributed by atoms with van der Waals surface area (Å²) in [5.41, 5.74) is 2.36. The highest BCUT2D eigenvalue weighted by molar-refractivity contribution is 6.80. The van der Waals surface area contributed by atoms with Crippen molar-refractivity contribution in [2.45, 2.75) is 38.8 Å². The molecule has 0 aliphatic heterocycles. The summed E-state index contributed by atoms with van der Waals surface area (Å²) in [6, 6.07) is 0. The van der Waals surface area contributed by atoms with Crippen molar-refractivity contribution >= 4 is 8.07 Å². The topological polar surface area (TPSA) is 18.5 Å². The fourth-order valence-electron chi connectivity index (χ4n) is 1.00. The Balaban J connectivity index is 3.60. The average molecular weight is 202 g/mol. The molecule has 0 aromatic heterocycles. The van der Waals surface area contributed by atoms with Gasteiger partial charge < -0.3 is 9.47 Å². The molecule has 0 bridgehead atoms. The van der Waals surface area contributed by atoms with Crippen molar-refractivity contribution in [1.29, 1.82) is 0 Å². The van der Waals surface area contributed by atoms with Crippen molar-refractivity contribution in [1.82, 2.24) is 0 Å². The van der Waals surface area contributed by atoms with Gasteiger partial charge in [0.05, 0.1) is 8.07 Å². The zero-order valence-corrected chi connectivity index (χ0v) is 10.5. The van der Waals surface area contributed by atoms with Gasteiger partial charge in [-0.15, -0.1) is 0 Å². The molecule has 0 spiro atoms. The minimum Gasteiger partial charge on any atom is -0.356 e. The Hall–Kier alpha value is -0.123. The van der Waals surface area contributed by atoms with Gasteiger partial charge in [0.15, 0.2) is 6.29 Å². The molecule has 0 unspecified atom stereocenters. The van der Waals surface area contributed by atoms with E-state index in [9.17, 15) is 0 Å². The fraction of sp³-hybridized carbons (Fsp3) is 0.800. The van der Waals surface area contributed by atoms with E-state index >= 15 is 0 Å². The first-order chi connectivity index (χ1) is 5.99. The molecule has 0 rings (SSSR count). The van der Waals surface area contributed by atoms with Gasteiger partial charge in [-0.3, -0.25) is 0 Å². The predicted molar refractivity (Wildman–Crippen MR) is 59.5 cm³/mol. The monoisotopic (exact) mass is 202 g/mol. The molecule has 3 heteroatoms. The third-order valence-electron chi connectivity index (χ3n) is 1.71. The van der Waals surface area contributed by atoms with Crippen LogP contribution in [0.5, 0.6) is 0 Å². The highest BCUT2D eigenvalue weighted by atomic mass is 28.3. The Labute approximate surface area is 82.9 Å². The number of hydrogen-bond donors (Lipinski definition) is 0. The molecule has 0 saturated heterocycles. The molecular weight excluding hydrogens is 180 g/mol. The second-order valence-corrected chi connectivity index (χ2v) is 9.31. The fourth-order valence-corrected chi connectivity index (χ4v) is 1.87. The zero-order chi connectivity index (χ0) is 10.3. The first-order valence-electron chi connectivity index (χ1n) is 4.73. The summed E-state index contributed by atoms with van der Waals surface area (Å²) < 4.78 is 10.2. The minimum absolute atomic E-state index is 0.0497. The lowest BCUT2D eigenvalue weighted by Crippen LogP contribution is -2.16. The Morgan fingerprint density at radius 1 is 1.15 bits per heavy atom. The van der Waals surface area contributed by atoms with Crippen LogP contribution in [0.25, 0.3) is 0 Å². The van der Waals surface area contributed by atoms with Crippen LogP contribution in [0, 0.1) is 0 Å². The van der Waals surface area contributed by atoms with Gasteiger partial charge in [-0.1, -0.05) is 31.4 Å². The van der Waals surface area contributed by atoms with Gasteiger partial charge in [0.25, 0.3) is 0 Å². The lowest BCUT2D eigenvalue weighted by Gasteiger charge is -2.12. The summed E-state index contributed by atoms with van der Waals surface area (Å²) in [6.45, 7) is 6.98. The summed E-state index contributed by atoms with van der Waals surface area (Å²) in [5.74, 6) is 0. The zero-order valence-electron chi connectivity index (χ0n) is 9.46. The van der Waals surface area contributed by atoms with E-state index in [1.54, 1.807) is 14.2 Å². The van der Waals surface area contributed by atoms with Crippen molar-refractivity contribution in [3.63, 3.8) is 0 Å². The van der Waals surface area contributed by atoms with E-state index in [2.05, 4.69) is 31.4 Å². The van der Waals surface area contributed by atoms with Gasteiger partial charge in [0.1, 0.15) is 0 Å². The van der Waals surface area contributed by atoms with E-state index in [0.29, 0.717) is 0 Å². The number of methoxy groups -OCH3 is 2. The summed E-state index contributed by atoms with van der Waals surface area (Å²) >= 11 is 0. The maximum Gasteiger partial charge on any atom is 0.157 e. The molecular formula is C10H22O2Si. The van der Waals surface area contributed by atoms with E-state index in [-0.39, 0.29) is 6.29 Å². The molecule has 0 N–H and O–H groups in total. The van der Waals surface area contributed by atoms with Gasteiger partial charge >= 0.3 is 0 Å². The van der Waals surface area contributed by atoms with Crippen molar-refractivity contribution in [2.24, 2.45) is 0 Å². The summed E-state index contributed by atoms with van der Waals surface area (Å²) in [4.78, 5) is 0. The number of rotatable bonds is 6. The van der Waals surface area contributed by atoms with Gasteiger partial charge in [-0.05, 0) is 6.42 Å². The van der Waals surface area contributed by atoms with Gasteiger partial charge in [0, 0.05) is 20.6 Å². The van der Waals surface area contributed by atoms with E-state index in [1.807, 2.05) is 0 Å². The highest BCUT2D eigenvalue weighted by Gasteiger charge is 2.07. The quantitative estimate of drug-likeness (QED) is 0.487. The van der Waals surface area contributed by atoms with Crippen molar-refractivity contribution in [3.05, 3.63) is 11.8 Å². The summed E-state index contributed by atoms with van der Waals surface area (Å²) in [7, 11) is 2.34. The van der Waals surface area contributed by atoms with Crippen molar-refractivity contribution in [3.8, 4) is 0 Å². The summed E-state index contributed by atoms with van der Waals surface area (Å²) in [5, 5.41) is 0. The number of allylic oxidation sites excluding steroid dienone is 1. The van der Waals surface area contributed by atoms with Crippen LogP contribution in [0.15, 0.2) is 11.8 Å². The van der Waals surface area contributed by atoms with Crippen molar-refractivity contribution in [2.75, 3.05) is 14.2 Å². The lowest BCUT2D eigenvalue weighted by atomic mass is 10.3. The molecule has 0 aromatic carbocycles. The molecule has 0 amide bonds. The second-order valence-electron chi connectivity index (χ2n) is 4.25. The predicted octanol–water partition coefficient (Wildman–Crippen LogP) is 2.82. The maximum absolute atomic E-state index is 5.09. The van der Waals surface area contributed by atoms with Crippen LogP contribution in [0.2, 0.25) is 19.6 Å². The number of hydrogen-bond acceptors (Lipinski definition) is 2. The smallest absolute Gasteiger partial charge is 0.157 e. The molecule has 2 nitrogen and oxygen atoms in total. The average Bonchev–Trinajstić information content (AvgIpc) is 2.03. The van der Waals surface area contributed by atoms with E-state index < -0.39 is 8.07 Å². The van der Waals surface area contributed by atoms with Crippen LogP contribution in [0.4, 0.5) is 0 Å². The molecule has 0 saturated carbocycles. The molecule has 0 fully saturated rings. The van der Waals surface area contributed by atoms with Crippen molar-refractivity contribution < 1.29 is 9.47 Å². The molecule has 0 atom stereocenters. The van der Waals surface area contributed by atoms with E-state index in [4.69, 9.17) is 9.47 Å². The van der Waals surface area contributed by atoms with Crippen LogP contribution in [-0.2, 0) is 9.47 Å². The molecule has 0 aliphatic carbocycles. The molecule has 0 radical (unpaired) electrons. The van der Waals surface area contributed by atoms with Crippen LogP contribution in [0.3, 0.4) is 0 Å².